The van der Waals surface area contributed by atoms with Crippen molar-refractivity contribution in [2.75, 3.05) is 10.6 Å². The van der Waals surface area contributed by atoms with Gasteiger partial charge in [-0.05, 0) is 100 Å². The van der Waals surface area contributed by atoms with E-state index in [4.69, 9.17) is 4.74 Å². The number of hydrogen-bond donors (Lipinski definition) is 2. The van der Waals surface area contributed by atoms with E-state index in [-0.39, 0.29) is 5.56 Å². The van der Waals surface area contributed by atoms with Gasteiger partial charge in [0.2, 0.25) is 5.78 Å². The number of nitrogens with one attached hydrogen (secondary N) is 2. The molecule has 0 fully saturated rings. The number of rotatable bonds is 7. The maximum Gasteiger partial charge on any atom is 0.573 e. The Bertz CT molecular complexity index is 1590. The van der Waals surface area contributed by atoms with Gasteiger partial charge in [-0.3, -0.25) is 10.1 Å². The van der Waals surface area contributed by atoms with E-state index >= 15 is 0 Å². The summed E-state index contributed by atoms with van der Waals surface area (Å²) in [5, 5.41) is 6.89. The van der Waals surface area contributed by atoms with Crippen molar-refractivity contribution in [3.8, 4) is 5.75 Å². The minimum atomic E-state index is -4.85. The van der Waals surface area contributed by atoms with Crippen LogP contribution in [-0.4, -0.2) is 28.4 Å². The fourth-order valence-corrected chi connectivity index (χ4v) is 4.70. The summed E-state index contributed by atoms with van der Waals surface area (Å²) in [6.07, 6.45) is -4.82. The van der Waals surface area contributed by atoms with Crippen LogP contribution in [0.25, 0.3) is 10.9 Å². The fraction of sp³-hybridized carbons (Fsp3) is 0.267. The Kier molecular flexibility index (Phi) is 8.39. The van der Waals surface area contributed by atoms with Crippen molar-refractivity contribution in [1.82, 2.24) is 4.57 Å². The van der Waals surface area contributed by atoms with Crippen molar-refractivity contribution in [3.63, 3.8) is 0 Å². The molecule has 4 rings (SSSR count). The van der Waals surface area contributed by atoms with Crippen LogP contribution in [0.4, 0.5) is 29.3 Å². The fourth-order valence-electron chi connectivity index (χ4n) is 4.22. The van der Waals surface area contributed by atoms with Crippen LogP contribution in [0.1, 0.15) is 48.4 Å². The number of anilines is 2. The van der Waals surface area contributed by atoms with E-state index in [1.165, 1.54) is 12.1 Å². The normalized spacial score (nSPS) is 12.6. The van der Waals surface area contributed by atoms with Gasteiger partial charge in [-0.2, -0.15) is 0 Å². The number of hydrogen-bond acceptors (Lipinski definition) is 5. The molecule has 11 heteroatoms. The standard InChI is InChI=1S/C30H29BrF3N3O4/c1-17-15-23(24(16-18(17)2)36-28(39)41-29(3,4)5)35-27(37-14-13-21-22(31)7-6-8-25(21)37)26(38)19-9-11-20(12-10-19)40-30(32,33)34/h6-16,27,35H,1-5H3,(H,36,39). The summed E-state index contributed by atoms with van der Waals surface area (Å²) in [7, 11) is 0. The first kappa shape index (κ1) is 30.0. The smallest absolute Gasteiger partial charge is 0.444 e. The number of carbonyl (C=O) groups excluding carboxylic acids is 2. The SMILES string of the molecule is Cc1cc(NC(=O)OC(C)(C)C)c(NC(C(=O)c2ccc(OC(F)(F)F)cc2)n2ccc3c(Br)cccc32)cc1C. The van der Waals surface area contributed by atoms with Gasteiger partial charge in [-0.1, -0.05) is 22.0 Å². The molecule has 0 spiro atoms. The number of ether oxygens (including phenoxy) is 2. The molecule has 0 bridgehead atoms. The van der Waals surface area contributed by atoms with E-state index in [0.717, 1.165) is 38.6 Å². The Balaban J connectivity index is 1.78. The summed E-state index contributed by atoms with van der Waals surface area (Å²) in [4.78, 5) is 26.6. The first-order chi connectivity index (χ1) is 19.1. The molecule has 7 nitrogen and oxygen atoms in total. The van der Waals surface area contributed by atoms with Gasteiger partial charge in [0.15, 0.2) is 6.17 Å². The topological polar surface area (TPSA) is 81.6 Å². The van der Waals surface area contributed by atoms with Gasteiger partial charge in [-0.15, -0.1) is 13.2 Å². The number of halogens is 4. The predicted octanol–water partition coefficient (Wildman–Crippen LogP) is 8.76. The average Bonchev–Trinajstić information content (AvgIpc) is 3.28. The molecule has 216 valence electrons. The van der Waals surface area contributed by atoms with Gasteiger partial charge >= 0.3 is 12.5 Å². The van der Waals surface area contributed by atoms with E-state index in [1.54, 1.807) is 37.6 Å². The molecule has 0 saturated heterocycles. The van der Waals surface area contributed by atoms with Crippen molar-refractivity contribution < 1.29 is 32.2 Å². The molecule has 1 amide bonds. The largest absolute Gasteiger partial charge is 0.573 e. The number of carbonyl (C=O) groups is 2. The summed E-state index contributed by atoms with van der Waals surface area (Å²) in [6.45, 7) is 9.04. The highest BCUT2D eigenvalue weighted by molar-refractivity contribution is 9.10. The Morgan fingerprint density at radius 2 is 1.56 bits per heavy atom. The number of aromatic nitrogens is 1. The molecular formula is C30H29BrF3N3O4. The molecule has 0 aliphatic carbocycles. The van der Waals surface area contributed by atoms with Crippen LogP contribution in [0.2, 0.25) is 0 Å². The lowest BCUT2D eigenvalue weighted by atomic mass is 10.1. The van der Waals surface area contributed by atoms with Crippen molar-refractivity contribution in [2.24, 2.45) is 0 Å². The van der Waals surface area contributed by atoms with Crippen LogP contribution in [-0.2, 0) is 4.74 Å². The zero-order valence-electron chi connectivity index (χ0n) is 23.0. The Morgan fingerprint density at radius 1 is 0.927 bits per heavy atom. The second-order valence-corrected chi connectivity index (χ2v) is 11.3. The lowest BCUT2D eigenvalue weighted by molar-refractivity contribution is -0.274. The lowest BCUT2D eigenvalue weighted by Gasteiger charge is -2.25. The van der Waals surface area contributed by atoms with Crippen LogP contribution in [0.15, 0.2) is 71.3 Å². The minimum Gasteiger partial charge on any atom is -0.444 e. The van der Waals surface area contributed by atoms with Crippen LogP contribution >= 0.6 is 15.9 Å². The third kappa shape index (κ3) is 7.40. The van der Waals surface area contributed by atoms with Crippen molar-refractivity contribution in [1.29, 1.82) is 0 Å². The lowest BCUT2D eigenvalue weighted by Crippen LogP contribution is -2.29. The van der Waals surface area contributed by atoms with E-state index < -0.39 is 35.8 Å². The van der Waals surface area contributed by atoms with E-state index in [2.05, 4.69) is 31.3 Å². The Labute approximate surface area is 243 Å². The zero-order valence-corrected chi connectivity index (χ0v) is 24.6. The zero-order chi connectivity index (χ0) is 30.1. The molecule has 0 aliphatic rings. The highest BCUT2D eigenvalue weighted by atomic mass is 79.9. The second-order valence-electron chi connectivity index (χ2n) is 10.5. The number of amides is 1. The molecule has 3 aromatic carbocycles. The number of benzene rings is 3. The number of alkyl halides is 3. The molecule has 1 aromatic heterocycles. The highest BCUT2D eigenvalue weighted by Crippen LogP contribution is 2.33. The van der Waals surface area contributed by atoms with Gasteiger partial charge < -0.3 is 19.4 Å². The molecule has 0 radical (unpaired) electrons. The maximum atomic E-state index is 14.0. The maximum absolute atomic E-state index is 14.0. The van der Waals surface area contributed by atoms with Crippen LogP contribution in [0.5, 0.6) is 5.75 Å². The van der Waals surface area contributed by atoms with Crippen molar-refractivity contribution >= 4 is 50.1 Å². The third-order valence-corrected chi connectivity index (χ3v) is 6.86. The van der Waals surface area contributed by atoms with Crippen LogP contribution in [0, 0.1) is 13.8 Å². The van der Waals surface area contributed by atoms with Gasteiger partial charge in [0.25, 0.3) is 0 Å². The quantitative estimate of drug-likeness (QED) is 0.199. The number of aryl methyl sites for hydroxylation is 2. The number of ketones is 1. The number of Topliss-reactive ketones (excluding diaryl/α,β-unsaturated/α-hetero) is 1. The van der Waals surface area contributed by atoms with Gasteiger partial charge in [0, 0.05) is 21.6 Å². The molecule has 41 heavy (non-hydrogen) atoms. The summed E-state index contributed by atoms with van der Waals surface area (Å²) in [5.41, 5.74) is 2.81. The average molecular weight is 632 g/mol. The predicted molar refractivity (Wildman–Crippen MR) is 156 cm³/mol. The van der Waals surface area contributed by atoms with Gasteiger partial charge in [-0.25, -0.2) is 4.79 Å². The molecule has 4 aromatic rings. The first-order valence-electron chi connectivity index (χ1n) is 12.6. The van der Waals surface area contributed by atoms with Crippen molar-refractivity contribution in [2.45, 2.75) is 52.7 Å². The summed E-state index contributed by atoms with van der Waals surface area (Å²) in [5.74, 6) is -0.866. The third-order valence-electron chi connectivity index (χ3n) is 6.17. The molecule has 0 aliphatic heterocycles. The molecular weight excluding hydrogens is 603 g/mol. The van der Waals surface area contributed by atoms with E-state index in [0.29, 0.717) is 11.4 Å². The van der Waals surface area contributed by atoms with E-state index in [1.807, 2.05) is 44.2 Å². The highest BCUT2D eigenvalue weighted by Gasteiger charge is 2.31. The van der Waals surface area contributed by atoms with Crippen LogP contribution in [0.3, 0.4) is 0 Å². The summed E-state index contributed by atoms with van der Waals surface area (Å²) >= 11 is 3.53. The molecule has 0 saturated carbocycles. The van der Waals surface area contributed by atoms with Crippen molar-refractivity contribution in [3.05, 3.63) is 88.0 Å². The molecule has 2 N–H and O–H groups in total. The van der Waals surface area contributed by atoms with E-state index in [9.17, 15) is 22.8 Å². The Hall–Kier alpha value is -3.99. The van der Waals surface area contributed by atoms with Gasteiger partial charge in [0.05, 0.1) is 16.9 Å². The first-order valence-corrected chi connectivity index (χ1v) is 13.4. The Morgan fingerprint density at radius 3 is 2.17 bits per heavy atom. The number of nitrogens with zero attached hydrogens (tertiary/aromatic N) is 1. The summed E-state index contributed by atoms with van der Waals surface area (Å²) in [6, 6.07) is 15.7. The molecule has 1 heterocycles. The molecule has 1 atom stereocenters. The number of fused-ring (bicyclic) bond motifs is 1. The van der Waals surface area contributed by atoms with Crippen LogP contribution < -0.4 is 15.4 Å². The second kappa shape index (κ2) is 11.5. The minimum absolute atomic E-state index is 0.152. The summed E-state index contributed by atoms with van der Waals surface area (Å²) < 4.78 is 50.0. The molecule has 1 unspecified atom stereocenters. The monoisotopic (exact) mass is 631 g/mol. The van der Waals surface area contributed by atoms with Gasteiger partial charge in [0.1, 0.15) is 11.4 Å².